The zero-order valence-corrected chi connectivity index (χ0v) is 12.2. The van der Waals surface area contributed by atoms with Crippen LogP contribution in [-0.2, 0) is 6.42 Å². The van der Waals surface area contributed by atoms with Crippen LogP contribution < -0.4 is 0 Å². The number of hydrogen-bond donors (Lipinski definition) is 0. The topological polar surface area (TPSA) is 43.1 Å². The first-order valence-corrected chi connectivity index (χ1v) is 7.88. The van der Waals surface area contributed by atoms with E-state index in [1.165, 1.54) is 41.8 Å². The Morgan fingerprint density at radius 2 is 2.09 bits per heavy atom. The van der Waals surface area contributed by atoms with Crippen molar-refractivity contribution in [2.75, 3.05) is 0 Å². The summed E-state index contributed by atoms with van der Waals surface area (Å²) in [6, 6.07) is 4.44. The van der Waals surface area contributed by atoms with Crippen molar-refractivity contribution in [3.63, 3.8) is 0 Å². The van der Waals surface area contributed by atoms with Crippen molar-refractivity contribution in [3.05, 3.63) is 65.6 Å². The van der Waals surface area contributed by atoms with Crippen LogP contribution in [0.15, 0.2) is 43.0 Å². The Labute approximate surface area is 128 Å². The van der Waals surface area contributed by atoms with E-state index < -0.39 is 0 Å². The first kappa shape index (κ1) is 12.1. The van der Waals surface area contributed by atoms with Crippen molar-refractivity contribution in [2.24, 2.45) is 0 Å². The molecule has 4 nitrogen and oxygen atoms in total. The predicted molar refractivity (Wildman–Crippen MR) is 84.6 cm³/mol. The van der Waals surface area contributed by atoms with Gasteiger partial charge in [0.1, 0.15) is 0 Å². The summed E-state index contributed by atoms with van der Waals surface area (Å²) >= 11 is 0. The number of nitrogens with zero attached hydrogens (tertiary/aromatic N) is 4. The van der Waals surface area contributed by atoms with Gasteiger partial charge in [-0.2, -0.15) is 0 Å². The van der Waals surface area contributed by atoms with Gasteiger partial charge >= 0.3 is 0 Å². The molecular weight excluding hydrogens is 272 g/mol. The molecule has 1 saturated carbocycles. The highest BCUT2D eigenvalue weighted by molar-refractivity contribution is 5.82. The molecule has 0 spiro atoms. The average Bonchev–Trinajstić information content (AvgIpc) is 3.10. The molecule has 2 aliphatic rings. The summed E-state index contributed by atoms with van der Waals surface area (Å²) in [7, 11) is 0. The van der Waals surface area contributed by atoms with Crippen LogP contribution in [-0.4, -0.2) is 19.4 Å². The highest BCUT2D eigenvalue weighted by Crippen LogP contribution is 2.38. The molecule has 2 aliphatic carbocycles. The maximum Gasteiger partial charge on any atom is 0.155 e. The minimum absolute atomic E-state index is 0.690. The maximum atomic E-state index is 4.90. The summed E-state index contributed by atoms with van der Waals surface area (Å²) in [5, 5.41) is 0. The largest absolute Gasteiger partial charge is 0.304 e. The van der Waals surface area contributed by atoms with Gasteiger partial charge in [0.15, 0.2) is 5.65 Å². The fourth-order valence-corrected chi connectivity index (χ4v) is 3.37. The van der Waals surface area contributed by atoms with Gasteiger partial charge in [0.25, 0.3) is 0 Å². The molecule has 108 valence electrons. The minimum atomic E-state index is 0.690. The van der Waals surface area contributed by atoms with Crippen LogP contribution >= 0.6 is 0 Å². The molecule has 3 aromatic rings. The van der Waals surface area contributed by atoms with Crippen LogP contribution in [0, 0.1) is 0 Å². The number of pyridine rings is 1. The second-order valence-electron chi connectivity index (χ2n) is 6.15. The van der Waals surface area contributed by atoms with Gasteiger partial charge in [-0.15, -0.1) is 0 Å². The first-order valence-electron chi connectivity index (χ1n) is 7.88. The van der Waals surface area contributed by atoms with E-state index in [9.17, 15) is 0 Å². The molecule has 1 fully saturated rings. The van der Waals surface area contributed by atoms with E-state index in [1.54, 1.807) is 6.20 Å². The van der Waals surface area contributed by atoms with Gasteiger partial charge in [-0.1, -0.05) is 18.6 Å². The Hall–Kier alpha value is -2.49. The highest BCUT2D eigenvalue weighted by atomic mass is 15.0. The lowest BCUT2D eigenvalue weighted by Crippen LogP contribution is -2.11. The van der Waals surface area contributed by atoms with Crippen molar-refractivity contribution < 1.29 is 0 Å². The lowest BCUT2D eigenvalue weighted by molar-refractivity contribution is 0.410. The first-order chi connectivity index (χ1) is 10.9. The van der Waals surface area contributed by atoms with Crippen molar-refractivity contribution in [1.29, 1.82) is 0 Å². The standard InChI is InChI=1S/C18H16N4/c1-2-12(3-1)15-6-4-13-14(5-7-16(13)21-15)17-11-22-9-8-19-18(22)10-20-17/h4-6,8-12H,1-3,7H2. The molecule has 0 saturated heterocycles. The van der Waals surface area contributed by atoms with Crippen LogP contribution in [0.25, 0.3) is 11.2 Å². The Balaban J connectivity index is 1.55. The van der Waals surface area contributed by atoms with E-state index in [4.69, 9.17) is 4.98 Å². The Morgan fingerprint density at radius 3 is 2.95 bits per heavy atom. The Bertz CT molecular complexity index is 902. The molecule has 0 aliphatic heterocycles. The predicted octanol–water partition coefficient (Wildman–Crippen LogP) is 3.38. The minimum Gasteiger partial charge on any atom is -0.304 e. The number of hydrogen-bond acceptors (Lipinski definition) is 3. The van der Waals surface area contributed by atoms with Crippen LogP contribution in [0.4, 0.5) is 0 Å². The van der Waals surface area contributed by atoms with E-state index >= 15 is 0 Å². The number of allylic oxidation sites excluding steroid dienone is 1. The van der Waals surface area contributed by atoms with Crippen LogP contribution in [0.1, 0.15) is 47.8 Å². The Morgan fingerprint density at radius 1 is 1.14 bits per heavy atom. The highest BCUT2D eigenvalue weighted by Gasteiger charge is 2.24. The molecule has 0 radical (unpaired) electrons. The molecule has 22 heavy (non-hydrogen) atoms. The maximum absolute atomic E-state index is 4.90. The zero-order valence-electron chi connectivity index (χ0n) is 12.2. The molecule has 5 rings (SSSR count). The van der Waals surface area contributed by atoms with E-state index in [0.29, 0.717) is 5.92 Å². The van der Waals surface area contributed by atoms with Crippen molar-refractivity contribution >= 4 is 11.2 Å². The fraction of sp³-hybridized carbons (Fsp3) is 0.278. The normalized spacial score (nSPS) is 17.4. The monoisotopic (exact) mass is 288 g/mol. The van der Waals surface area contributed by atoms with Gasteiger partial charge in [-0.25, -0.2) is 4.98 Å². The number of rotatable bonds is 2. The van der Waals surface area contributed by atoms with Crippen LogP contribution in [0.5, 0.6) is 0 Å². The third-order valence-corrected chi connectivity index (χ3v) is 4.86. The summed E-state index contributed by atoms with van der Waals surface area (Å²) in [4.78, 5) is 13.7. The molecule has 0 aromatic carbocycles. The van der Waals surface area contributed by atoms with Gasteiger partial charge in [-0.3, -0.25) is 9.97 Å². The van der Waals surface area contributed by atoms with Gasteiger partial charge in [0.05, 0.1) is 17.6 Å². The number of imidazole rings is 1. The van der Waals surface area contributed by atoms with Crippen LogP contribution in [0.2, 0.25) is 0 Å². The molecule has 0 atom stereocenters. The number of aromatic nitrogens is 4. The quantitative estimate of drug-likeness (QED) is 0.726. The molecule has 0 bridgehead atoms. The van der Waals surface area contributed by atoms with E-state index in [-0.39, 0.29) is 0 Å². The average molecular weight is 288 g/mol. The molecule has 0 amide bonds. The van der Waals surface area contributed by atoms with Gasteiger partial charge in [0, 0.05) is 47.8 Å². The van der Waals surface area contributed by atoms with Gasteiger partial charge < -0.3 is 4.40 Å². The molecule has 0 unspecified atom stereocenters. The van der Waals surface area contributed by atoms with Crippen molar-refractivity contribution in [2.45, 2.75) is 31.6 Å². The second-order valence-corrected chi connectivity index (χ2v) is 6.15. The second kappa shape index (κ2) is 4.50. The summed E-state index contributed by atoms with van der Waals surface area (Å²) in [6.45, 7) is 0. The summed E-state index contributed by atoms with van der Waals surface area (Å²) in [5.74, 6) is 0.690. The summed E-state index contributed by atoms with van der Waals surface area (Å²) in [5.41, 5.74) is 6.77. The van der Waals surface area contributed by atoms with E-state index in [0.717, 1.165) is 17.8 Å². The molecular formula is C18H16N4. The molecule has 3 aromatic heterocycles. The lowest BCUT2D eigenvalue weighted by atomic mass is 9.82. The fourth-order valence-electron chi connectivity index (χ4n) is 3.37. The van der Waals surface area contributed by atoms with E-state index in [1.807, 2.05) is 23.0 Å². The SMILES string of the molecule is C1=C(c2cn3ccnc3cn2)c2ccc(C3CCC3)nc2C1. The van der Waals surface area contributed by atoms with Crippen LogP contribution in [0.3, 0.4) is 0 Å². The molecule has 4 heteroatoms. The van der Waals surface area contributed by atoms with Gasteiger partial charge in [0.2, 0.25) is 0 Å². The molecule has 3 heterocycles. The lowest BCUT2D eigenvalue weighted by Gasteiger charge is -2.25. The third-order valence-electron chi connectivity index (χ3n) is 4.86. The van der Waals surface area contributed by atoms with E-state index in [2.05, 4.69) is 28.2 Å². The number of fused-ring (bicyclic) bond motifs is 2. The van der Waals surface area contributed by atoms with Crippen molar-refractivity contribution in [3.8, 4) is 0 Å². The third kappa shape index (κ3) is 1.73. The van der Waals surface area contributed by atoms with Crippen molar-refractivity contribution in [1.82, 2.24) is 19.4 Å². The summed E-state index contributed by atoms with van der Waals surface area (Å²) in [6.07, 6.45) is 14.7. The van der Waals surface area contributed by atoms with Gasteiger partial charge in [-0.05, 0) is 18.9 Å². The summed E-state index contributed by atoms with van der Waals surface area (Å²) < 4.78 is 2.01. The Kier molecular flexibility index (Phi) is 2.47. The zero-order chi connectivity index (χ0) is 14.5. The smallest absolute Gasteiger partial charge is 0.155 e. The molecule has 0 N–H and O–H groups in total.